The van der Waals surface area contributed by atoms with Gasteiger partial charge in [-0.05, 0) is 38.0 Å². The smallest absolute Gasteiger partial charge is 0.387 e. The van der Waals surface area contributed by atoms with Crippen LogP contribution >= 0.6 is 11.6 Å². The molecule has 10 heteroatoms. The monoisotopic (exact) mass is 383 g/mol. The van der Waals surface area contributed by atoms with E-state index in [0.717, 1.165) is 22.5 Å². The molecule has 1 aliphatic rings. The Bertz CT molecular complexity index is 728. The maximum atomic E-state index is 12.7. The average Bonchev–Trinajstić information content (AvgIpc) is 2.48. The van der Waals surface area contributed by atoms with Gasteiger partial charge in [0.2, 0.25) is 10.0 Å². The van der Waals surface area contributed by atoms with E-state index in [2.05, 4.69) is 4.74 Å². The number of carboxylic acid groups (broad SMARTS) is 1. The molecule has 0 saturated carbocycles. The van der Waals surface area contributed by atoms with E-state index in [1.165, 1.54) is 0 Å². The van der Waals surface area contributed by atoms with E-state index in [1.54, 1.807) is 6.92 Å². The third kappa shape index (κ3) is 3.96. The lowest BCUT2D eigenvalue weighted by molar-refractivity contribution is -0.143. The molecule has 0 radical (unpaired) electrons. The average molecular weight is 384 g/mol. The molecular weight excluding hydrogens is 368 g/mol. The molecule has 0 spiro atoms. The number of nitrogens with zero attached hydrogens (tertiary/aromatic N) is 1. The highest BCUT2D eigenvalue weighted by molar-refractivity contribution is 7.89. The highest BCUT2D eigenvalue weighted by Crippen LogP contribution is 2.33. The fourth-order valence-corrected chi connectivity index (χ4v) is 4.60. The summed E-state index contributed by atoms with van der Waals surface area (Å²) in [5.41, 5.74) is 0. The minimum atomic E-state index is -4.00. The molecular formula is C14H16ClF2NO5S. The summed E-state index contributed by atoms with van der Waals surface area (Å²) in [4.78, 5) is 10.9. The number of carbonyl (C=O) groups is 1. The predicted octanol–water partition coefficient (Wildman–Crippen LogP) is 2.82. The van der Waals surface area contributed by atoms with Gasteiger partial charge in [0.1, 0.15) is 5.75 Å². The van der Waals surface area contributed by atoms with E-state index >= 15 is 0 Å². The van der Waals surface area contributed by atoms with Crippen LogP contribution in [0.2, 0.25) is 5.02 Å². The Balaban J connectivity index is 2.32. The van der Waals surface area contributed by atoms with E-state index in [0.29, 0.717) is 12.8 Å². The maximum absolute atomic E-state index is 12.7. The second-order valence-corrected chi connectivity index (χ2v) is 7.80. The Morgan fingerprint density at radius 2 is 2.08 bits per heavy atom. The molecule has 0 amide bonds. The Morgan fingerprint density at radius 1 is 1.42 bits per heavy atom. The van der Waals surface area contributed by atoms with Gasteiger partial charge in [0, 0.05) is 12.6 Å². The van der Waals surface area contributed by atoms with Crippen LogP contribution < -0.4 is 4.74 Å². The zero-order valence-electron chi connectivity index (χ0n) is 12.7. The third-order valence-corrected chi connectivity index (χ3v) is 6.17. The Hall–Kier alpha value is -1.45. The molecule has 0 aromatic heterocycles. The lowest BCUT2D eigenvalue weighted by Crippen LogP contribution is -2.47. The van der Waals surface area contributed by atoms with E-state index in [-0.39, 0.29) is 28.3 Å². The van der Waals surface area contributed by atoms with Gasteiger partial charge in [-0.25, -0.2) is 8.42 Å². The fraction of sp³-hybridized carbons (Fsp3) is 0.500. The van der Waals surface area contributed by atoms with Gasteiger partial charge in [0.25, 0.3) is 0 Å². The Kier molecular flexibility index (Phi) is 5.67. The molecule has 1 heterocycles. The summed E-state index contributed by atoms with van der Waals surface area (Å²) in [6.45, 7) is -1.54. The molecule has 0 bridgehead atoms. The number of ether oxygens (including phenoxy) is 1. The second kappa shape index (κ2) is 7.20. The first-order chi connectivity index (χ1) is 11.1. The van der Waals surface area contributed by atoms with Crippen LogP contribution in [0.15, 0.2) is 23.1 Å². The highest BCUT2D eigenvalue weighted by atomic mass is 35.5. The number of sulfonamides is 1. The number of halogens is 3. The zero-order chi connectivity index (χ0) is 18.1. The van der Waals surface area contributed by atoms with E-state index in [9.17, 15) is 22.0 Å². The second-order valence-electron chi connectivity index (χ2n) is 5.51. The standard InChI is InChI=1S/C14H16ClF2NO5S/c1-8-2-3-9(13(19)20)7-18(8)24(21,22)10-4-5-12(11(15)6-10)23-14(16)17/h4-6,8-9,14H,2-3,7H2,1H3,(H,19,20). The van der Waals surface area contributed by atoms with Crippen molar-refractivity contribution in [2.75, 3.05) is 6.54 Å². The first-order valence-corrected chi connectivity index (χ1v) is 8.93. The van der Waals surface area contributed by atoms with Gasteiger partial charge >= 0.3 is 12.6 Å². The zero-order valence-corrected chi connectivity index (χ0v) is 14.2. The molecule has 1 N–H and O–H groups in total. The van der Waals surface area contributed by atoms with Gasteiger partial charge in [-0.15, -0.1) is 0 Å². The van der Waals surface area contributed by atoms with E-state index in [1.807, 2.05) is 0 Å². The molecule has 1 saturated heterocycles. The Labute approximate surface area is 143 Å². The van der Waals surface area contributed by atoms with Crippen LogP contribution in [-0.2, 0) is 14.8 Å². The number of rotatable bonds is 5. The molecule has 2 atom stereocenters. The molecule has 2 unspecified atom stereocenters. The minimum absolute atomic E-state index is 0.147. The van der Waals surface area contributed by atoms with Gasteiger partial charge in [-0.3, -0.25) is 4.79 Å². The van der Waals surface area contributed by atoms with Crippen molar-refractivity contribution in [3.8, 4) is 5.75 Å². The van der Waals surface area contributed by atoms with Crippen LogP contribution in [0.4, 0.5) is 8.78 Å². The van der Waals surface area contributed by atoms with Crippen molar-refractivity contribution in [1.29, 1.82) is 0 Å². The van der Waals surface area contributed by atoms with Crippen LogP contribution in [0, 0.1) is 5.92 Å². The minimum Gasteiger partial charge on any atom is -0.481 e. The molecule has 6 nitrogen and oxygen atoms in total. The number of alkyl halides is 2. The van der Waals surface area contributed by atoms with Crippen LogP contribution in [0.3, 0.4) is 0 Å². The van der Waals surface area contributed by atoms with Gasteiger partial charge in [-0.2, -0.15) is 13.1 Å². The summed E-state index contributed by atoms with van der Waals surface area (Å²) in [6.07, 6.45) is 0.806. The summed E-state index contributed by atoms with van der Waals surface area (Å²) in [6, 6.07) is 2.80. The summed E-state index contributed by atoms with van der Waals surface area (Å²) >= 11 is 5.80. The number of benzene rings is 1. The maximum Gasteiger partial charge on any atom is 0.387 e. The topological polar surface area (TPSA) is 83.9 Å². The van der Waals surface area contributed by atoms with Crippen molar-refractivity contribution in [2.24, 2.45) is 5.92 Å². The molecule has 134 valence electrons. The van der Waals surface area contributed by atoms with Gasteiger partial charge < -0.3 is 9.84 Å². The summed E-state index contributed by atoms with van der Waals surface area (Å²) in [5.74, 6) is -2.17. The number of carboxylic acids is 1. The molecule has 1 aliphatic heterocycles. The fourth-order valence-electron chi connectivity index (χ4n) is 2.58. The van der Waals surface area contributed by atoms with Crippen LogP contribution in [-0.4, -0.2) is 43.0 Å². The van der Waals surface area contributed by atoms with Crippen LogP contribution in [0.25, 0.3) is 0 Å². The SMILES string of the molecule is CC1CCC(C(=O)O)CN1S(=O)(=O)c1ccc(OC(F)F)c(Cl)c1. The number of piperidine rings is 1. The van der Waals surface area contributed by atoms with Gasteiger partial charge in [0.15, 0.2) is 0 Å². The molecule has 0 aliphatic carbocycles. The molecule has 1 fully saturated rings. The van der Waals surface area contributed by atoms with Crippen molar-refractivity contribution in [3.05, 3.63) is 23.2 Å². The van der Waals surface area contributed by atoms with Crippen molar-refractivity contribution < 1.29 is 31.8 Å². The lowest BCUT2D eigenvalue weighted by Gasteiger charge is -2.35. The predicted molar refractivity (Wildman–Crippen MR) is 81.8 cm³/mol. The van der Waals surface area contributed by atoms with Crippen molar-refractivity contribution >= 4 is 27.6 Å². The van der Waals surface area contributed by atoms with Crippen molar-refractivity contribution in [2.45, 2.75) is 37.3 Å². The van der Waals surface area contributed by atoms with Crippen LogP contribution in [0.1, 0.15) is 19.8 Å². The van der Waals surface area contributed by atoms with Gasteiger partial charge in [0.05, 0.1) is 15.8 Å². The largest absolute Gasteiger partial charge is 0.481 e. The Morgan fingerprint density at radius 3 is 2.62 bits per heavy atom. The molecule has 1 aromatic rings. The van der Waals surface area contributed by atoms with Crippen molar-refractivity contribution in [3.63, 3.8) is 0 Å². The number of hydrogen-bond donors (Lipinski definition) is 1. The summed E-state index contributed by atoms with van der Waals surface area (Å²) in [5, 5.41) is 8.85. The van der Waals surface area contributed by atoms with E-state index < -0.39 is 28.5 Å². The highest BCUT2D eigenvalue weighted by Gasteiger charge is 2.37. The molecule has 24 heavy (non-hydrogen) atoms. The molecule has 2 rings (SSSR count). The van der Waals surface area contributed by atoms with Crippen molar-refractivity contribution in [1.82, 2.24) is 4.31 Å². The first kappa shape index (κ1) is 18.9. The number of hydrogen-bond acceptors (Lipinski definition) is 4. The van der Waals surface area contributed by atoms with Gasteiger partial charge in [-0.1, -0.05) is 11.6 Å². The number of aliphatic carboxylic acids is 1. The quantitative estimate of drug-likeness (QED) is 0.845. The lowest BCUT2D eigenvalue weighted by atomic mass is 9.96. The van der Waals surface area contributed by atoms with E-state index in [4.69, 9.17) is 16.7 Å². The first-order valence-electron chi connectivity index (χ1n) is 7.12. The summed E-state index contributed by atoms with van der Waals surface area (Å²) in [7, 11) is -4.00. The summed E-state index contributed by atoms with van der Waals surface area (Å²) < 4.78 is 55.2. The third-order valence-electron chi connectivity index (χ3n) is 3.90. The molecule has 1 aromatic carbocycles. The normalized spacial score (nSPS) is 22.5. The van der Waals surface area contributed by atoms with Crippen LogP contribution in [0.5, 0.6) is 5.75 Å².